The van der Waals surface area contributed by atoms with E-state index in [1.165, 1.54) is 71.1 Å². The molecule has 2 heteroatoms. The van der Waals surface area contributed by atoms with Gasteiger partial charge in [-0.25, -0.2) is 0 Å². The van der Waals surface area contributed by atoms with E-state index in [9.17, 15) is 5.11 Å². The molecular formula is C22H46OSn. The van der Waals surface area contributed by atoms with Crippen LogP contribution in [0.1, 0.15) is 105 Å². The first-order valence-electron chi connectivity index (χ1n) is 11.0. The van der Waals surface area contributed by atoms with Crippen molar-refractivity contribution in [3.8, 4) is 0 Å². The summed E-state index contributed by atoms with van der Waals surface area (Å²) in [4.78, 5) is 0. The predicted molar refractivity (Wildman–Crippen MR) is 113 cm³/mol. The van der Waals surface area contributed by atoms with Crippen LogP contribution in [0.5, 0.6) is 0 Å². The second-order valence-corrected chi connectivity index (χ2v) is 21.2. The van der Waals surface area contributed by atoms with Crippen molar-refractivity contribution >= 4 is 18.4 Å². The molecule has 0 aromatic heterocycles. The fourth-order valence-corrected chi connectivity index (χ4v) is 21.2. The van der Waals surface area contributed by atoms with Gasteiger partial charge >= 0.3 is 158 Å². The van der Waals surface area contributed by atoms with E-state index < -0.39 is 18.4 Å². The molecule has 0 saturated heterocycles. The first-order chi connectivity index (χ1) is 11.6. The van der Waals surface area contributed by atoms with Crippen LogP contribution in [0.15, 0.2) is 9.67 Å². The molecule has 0 saturated carbocycles. The average molecular weight is 445 g/mol. The van der Waals surface area contributed by atoms with Crippen molar-refractivity contribution in [3.63, 3.8) is 0 Å². The third-order valence-electron chi connectivity index (χ3n) is 5.49. The van der Waals surface area contributed by atoms with E-state index in [2.05, 4.69) is 40.7 Å². The monoisotopic (exact) mass is 446 g/mol. The van der Waals surface area contributed by atoms with E-state index in [0.717, 1.165) is 12.8 Å². The molecule has 0 fully saturated rings. The van der Waals surface area contributed by atoms with E-state index in [0.29, 0.717) is 0 Å². The zero-order valence-corrected chi connectivity index (χ0v) is 20.4. The van der Waals surface area contributed by atoms with Gasteiger partial charge in [-0.15, -0.1) is 0 Å². The Morgan fingerprint density at radius 1 is 0.750 bits per heavy atom. The Morgan fingerprint density at radius 2 is 1.21 bits per heavy atom. The van der Waals surface area contributed by atoms with Gasteiger partial charge in [-0.2, -0.15) is 0 Å². The average Bonchev–Trinajstić information content (AvgIpc) is 2.58. The molecule has 0 bridgehead atoms. The number of unbranched alkanes of at least 4 members (excludes halogenated alkanes) is 4. The zero-order valence-electron chi connectivity index (χ0n) is 17.5. The summed E-state index contributed by atoms with van der Waals surface area (Å²) in [6, 6.07) is 0. The van der Waals surface area contributed by atoms with Crippen molar-refractivity contribution in [2.24, 2.45) is 0 Å². The summed E-state index contributed by atoms with van der Waals surface area (Å²) >= 11 is -2.32. The normalized spacial score (nSPS) is 14.2. The second kappa shape index (κ2) is 15.7. The third kappa shape index (κ3) is 9.85. The minimum absolute atomic E-state index is 0.192. The summed E-state index contributed by atoms with van der Waals surface area (Å²) in [6.45, 7) is 11.5. The summed E-state index contributed by atoms with van der Waals surface area (Å²) in [5.41, 5.74) is 0. The molecule has 0 aliphatic rings. The van der Waals surface area contributed by atoms with E-state index in [1.807, 2.05) is 3.59 Å². The van der Waals surface area contributed by atoms with Crippen LogP contribution in [0, 0.1) is 0 Å². The van der Waals surface area contributed by atoms with E-state index in [-0.39, 0.29) is 6.10 Å². The quantitative estimate of drug-likeness (QED) is 0.242. The molecule has 0 aromatic rings. The summed E-state index contributed by atoms with van der Waals surface area (Å²) in [5, 5.41) is 10.5. The molecule has 0 heterocycles. The number of aliphatic hydroxyl groups is 1. The van der Waals surface area contributed by atoms with Crippen molar-refractivity contribution in [1.29, 1.82) is 0 Å². The van der Waals surface area contributed by atoms with Crippen LogP contribution in [0.25, 0.3) is 0 Å². The van der Waals surface area contributed by atoms with Gasteiger partial charge in [0.25, 0.3) is 0 Å². The number of aliphatic hydroxyl groups excluding tert-OH is 1. The number of rotatable bonds is 16. The molecular weight excluding hydrogens is 399 g/mol. The molecule has 0 rings (SSSR count). The molecule has 144 valence electrons. The number of hydrogen-bond acceptors (Lipinski definition) is 1. The first-order valence-corrected chi connectivity index (χ1v) is 18.5. The molecule has 0 aliphatic heterocycles. The van der Waals surface area contributed by atoms with E-state index in [1.54, 1.807) is 0 Å². The minimum atomic E-state index is -2.32. The summed E-state index contributed by atoms with van der Waals surface area (Å²) in [6.07, 6.45) is 16.3. The SMILES string of the molecule is CCCC/[C](=C/C(O)CCC)[Sn]([CH2]CCC)([CH2]CCC)[CH2]CCC. The van der Waals surface area contributed by atoms with Gasteiger partial charge in [-0.1, -0.05) is 0 Å². The van der Waals surface area contributed by atoms with E-state index >= 15 is 0 Å². The fraction of sp³-hybridized carbons (Fsp3) is 0.909. The maximum absolute atomic E-state index is 10.5. The molecule has 1 nitrogen and oxygen atoms in total. The van der Waals surface area contributed by atoms with Crippen molar-refractivity contribution in [1.82, 2.24) is 0 Å². The Balaban J connectivity index is 5.58. The maximum atomic E-state index is 10.5. The van der Waals surface area contributed by atoms with Crippen LogP contribution in [-0.4, -0.2) is 29.6 Å². The zero-order chi connectivity index (χ0) is 18.3. The summed E-state index contributed by atoms with van der Waals surface area (Å²) in [7, 11) is 0. The first kappa shape index (κ1) is 24.5. The van der Waals surface area contributed by atoms with E-state index in [4.69, 9.17) is 0 Å². The molecule has 0 radical (unpaired) electrons. The van der Waals surface area contributed by atoms with Gasteiger partial charge in [-0.3, -0.25) is 0 Å². The van der Waals surface area contributed by atoms with Gasteiger partial charge in [0.15, 0.2) is 0 Å². The molecule has 1 atom stereocenters. The molecule has 1 N–H and O–H groups in total. The van der Waals surface area contributed by atoms with Crippen LogP contribution < -0.4 is 0 Å². The van der Waals surface area contributed by atoms with Gasteiger partial charge < -0.3 is 0 Å². The van der Waals surface area contributed by atoms with Crippen molar-refractivity contribution in [3.05, 3.63) is 9.67 Å². The number of hydrogen-bond donors (Lipinski definition) is 1. The van der Waals surface area contributed by atoms with Gasteiger partial charge in [0.05, 0.1) is 0 Å². The van der Waals surface area contributed by atoms with Crippen molar-refractivity contribution in [2.75, 3.05) is 0 Å². The second-order valence-electron chi connectivity index (χ2n) is 7.74. The Kier molecular flexibility index (Phi) is 16.1. The van der Waals surface area contributed by atoms with Crippen LogP contribution in [0.2, 0.25) is 13.3 Å². The standard InChI is InChI=1S/C10H19O.3C4H9.Sn/c1-3-5-6-7-9-10(11)8-4-2;3*1-3-4-2;/h9-11H,3-6,8H2,1-2H3;3*1,3-4H2,2H3;. The van der Waals surface area contributed by atoms with Gasteiger partial charge in [-0.05, 0) is 0 Å². The van der Waals surface area contributed by atoms with Crippen LogP contribution >= 0.6 is 0 Å². The predicted octanol–water partition coefficient (Wildman–Crippen LogP) is 7.65. The Hall–Kier alpha value is 0.499. The molecule has 24 heavy (non-hydrogen) atoms. The number of allylic oxidation sites excluding steroid dienone is 1. The summed E-state index contributed by atoms with van der Waals surface area (Å²) in [5.74, 6) is 0. The van der Waals surface area contributed by atoms with Gasteiger partial charge in [0.2, 0.25) is 0 Å². The van der Waals surface area contributed by atoms with Gasteiger partial charge in [0, 0.05) is 0 Å². The topological polar surface area (TPSA) is 20.2 Å². The van der Waals surface area contributed by atoms with Crippen LogP contribution in [0.3, 0.4) is 0 Å². The molecule has 1 unspecified atom stereocenters. The molecule has 0 aliphatic carbocycles. The summed E-state index contributed by atoms with van der Waals surface area (Å²) < 4.78 is 6.39. The van der Waals surface area contributed by atoms with Gasteiger partial charge in [0.1, 0.15) is 0 Å². The fourth-order valence-electron chi connectivity index (χ4n) is 3.91. The van der Waals surface area contributed by atoms with Crippen LogP contribution in [0.4, 0.5) is 0 Å². The Labute approximate surface area is 157 Å². The van der Waals surface area contributed by atoms with Crippen LogP contribution in [-0.2, 0) is 0 Å². The molecule has 0 aromatic carbocycles. The third-order valence-corrected chi connectivity index (χ3v) is 21.8. The Bertz CT molecular complexity index is 289. The van der Waals surface area contributed by atoms with Crippen molar-refractivity contribution < 1.29 is 5.11 Å². The van der Waals surface area contributed by atoms with Crippen molar-refractivity contribution in [2.45, 2.75) is 125 Å². The molecule has 0 spiro atoms. The Morgan fingerprint density at radius 3 is 1.58 bits per heavy atom. The molecule has 0 amide bonds.